The van der Waals surface area contributed by atoms with E-state index in [1.807, 2.05) is 12.3 Å². The second-order valence-electron chi connectivity index (χ2n) is 8.82. The number of amides is 2. The molecular formula is C25H26ClF2N5O3S. The number of fused-ring (bicyclic) bond motifs is 1. The molecule has 0 unspecified atom stereocenters. The van der Waals surface area contributed by atoms with Crippen molar-refractivity contribution in [1.29, 1.82) is 0 Å². The first-order valence-electron chi connectivity index (χ1n) is 11.6. The minimum Gasteiger partial charge on any atom is -0.487 e. The molecule has 37 heavy (non-hydrogen) atoms. The van der Waals surface area contributed by atoms with Crippen LogP contribution in [0.3, 0.4) is 0 Å². The number of pyridine rings is 1. The Morgan fingerprint density at radius 2 is 2.16 bits per heavy atom. The Bertz CT molecular complexity index is 1280. The first-order chi connectivity index (χ1) is 17.6. The molecule has 0 aliphatic carbocycles. The summed E-state index contributed by atoms with van der Waals surface area (Å²) in [5.74, 6) is -2.25. The zero-order valence-corrected chi connectivity index (χ0v) is 21.8. The van der Waals surface area contributed by atoms with E-state index >= 15 is 0 Å². The van der Waals surface area contributed by atoms with Crippen molar-refractivity contribution in [3.8, 4) is 11.6 Å². The maximum absolute atomic E-state index is 13.1. The molecule has 4 rings (SSSR count). The number of carbonyl (C=O) groups excluding carboxylic acids is 2. The molecule has 0 saturated carbocycles. The van der Waals surface area contributed by atoms with Crippen LogP contribution < -0.4 is 15.4 Å². The number of nitrogens with zero attached hydrogens (tertiary/aromatic N) is 3. The number of nitrogens with one attached hydrogen (secondary N) is 2. The molecule has 196 valence electrons. The van der Waals surface area contributed by atoms with Crippen molar-refractivity contribution < 1.29 is 23.1 Å². The minimum absolute atomic E-state index is 0.208. The summed E-state index contributed by atoms with van der Waals surface area (Å²) in [6.07, 6.45) is 4.92. The lowest BCUT2D eigenvalue weighted by Gasteiger charge is -2.23. The number of carbonyl (C=O) groups is 2. The van der Waals surface area contributed by atoms with Gasteiger partial charge >= 0.3 is 0 Å². The van der Waals surface area contributed by atoms with Crippen molar-refractivity contribution in [2.24, 2.45) is 0 Å². The van der Waals surface area contributed by atoms with Gasteiger partial charge in [0.2, 0.25) is 5.91 Å². The molecule has 0 fully saturated rings. The maximum atomic E-state index is 13.1. The van der Waals surface area contributed by atoms with Crippen molar-refractivity contribution in [3.63, 3.8) is 0 Å². The van der Waals surface area contributed by atoms with Gasteiger partial charge in [0, 0.05) is 25.6 Å². The quantitative estimate of drug-likeness (QED) is 0.385. The number of benzene rings is 1. The van der Waals surface area contributed by atoms with E-state index in [0.717, 1.165) is 12.5 Å². The summed E-state index contributed by atoms with van der Waals surface area (Å²) in [7, 11) is 0. The van der Waals surface area contributed by atoms with E-state index in [1.165, 1.54) is 22.6 Å². The molecule has 1 atom stereocenters. The van der Waals surface area contributed by atoms with Gasteiger partial charge in [-0.1, -0.05) is 23.7 Å². The summed E-state index contributed by atoms with van der Waals surface area (Å²) >= 11 is 7.33. The Morgan fingerprint density at radius 1 is 1.35 bits per heavy atom. The molecule has 1 aliphatic rings. The number of hydrogen-bond acceptors (Lipinski definition) is 6. The van der Waals surface area contributed by atoms with E-state index in [9.17, 15) is 18.4 Å². The fourth-order valence-corrected chi connectivity index (χ4v) is 4.42. The zero-order chi connectivity index (χ0) is 26.6. The van der Waals surface area contributed by atoms with Gasteiger partial charge in [0.05, 0.1) is 16.5 Å². The predicted octanol–water partition coefficient (Wildman–Crippen LogP) is 4.54. The highest BCUT2D eigenvalue weighted by Gasteiger charge is 2.33. The normalized spacial score (nSPS) is 15.2. The summed E-state index contributed by atoms with van der Waals surface area (Å²) in [4.78, 5) is 29.8. The zero-order valence-electron chi connectivity index (χ0n) is 20.3. The molecule has 12 heteroatoms. The molecule has 3 heterocycles. The van der Waals surface area contributed by atoms with E-state index in [4.69, 9.17) is 16.3 Å². The van der Waals surface area contributed by atoms with Crippen LogP contribution in [-0.4, -0.2) is 57.2 Å². The number of anilines is 1. The average molecular weight is 550 g/mol. The van der Waals surface area contributed by atoms with Crippen LogP contribution in [0.25, 0.3) is 5.82 Å². The number of rotatable bonds is 10. The number of halogens is 3. The number of aromatic nitrogens is 3. The van der Waals surface area contributed by atoms with Crippen LogP contribution in [-0.2, 0) is 17.6 Å². The Kier molecular flexibility index (Phi) is 8.33. The third-order valence-electron chi connectivity index (χ3n) is 5.59. The van der Waals surface area contributed by atoms with Crippen molar-refractivity contribution in [1.82, 2.24) is 20.1 Å². The van der Waals surface area contributed by atoms with Gasteiger partial charge in [0.15, 0.2) is 18.2 Å². The number of ether oxygens (including phenoxy) is 1. The molecular weight excluding hydrogens is 524 g/mol. The minimum atomic E-state index is -2.92. The van der Waals surface area contributed by atoms with E-state index in [0.29, 0.717) is 47.1 Å². The fraction of sp³-hybridized carbons (Fsp3) is 0.360. The van der Waals surface area contributed by atoms with Crippen LogP contribution in [0.2, 0.25) is 5.02 Å². The highest BCUT2D eigenvalue weighted by Crippen LogP contribution is 2.29. The second kappa shape index (κ2) is 11.5. The number of hydrogen-bond donors (Lipinski definition) is 2. The Hall–Kier alpha value is -3.18. The SMILES string of the molecule is CSCC(=O)Nc1c2c(nn1-c1ccc(Cl)cn1)C[C@H](CCc1cccc(OCC(C)(F)F)c1)NC2=O. The van der Waals surface area contributed by atoms with Crippen molar-refractivity contribution in [2.45, 2.75) is 38.2 Å². The smallest absolute Gasteiger partial charge is 0.278 e. The van der Waals surface area contributed by atoms with Crippen LogP contribution in [0.4, 0.5) is 14.6 Å². The Morgan fingerprint density at radius 3 is 2.86 bits per heavy atom. The molecule has 0 saturated heterocycles. The van der Waals surface area contributed by atoms with Gasteiger partial charge < -0.3 is 15.4 Å². The molecule has 0 radical (unpaired) electrons. The lowest BCUT2D eigenvalue weighted by Crippen LogP contribution is -2.41. The monoisotopic (exact) mass is 549 g/mol. The Labute approximate surface area is 222 Å². The molecule has 0 bridgehead atoms. The van der Waals surface area contributed by atoms with Crippen molar-refractivity contribution in [2.75, 3.05) is 23.9 Å². The number of thioether (sulfide) groups is 1. The molecule has 0 spiro atoms. The van der Waals surface area contributed by atoms with Gasteiger partial charge in [-0.3, -0.25) is 9.59 Å². The van der Waals surface area contributed by atoms with E-state index in [2.05, 4.69) is 20.7 Å². The predicted molar refractivity (Wildman–Crippen MR) is 139 cm³/mol. The van der Waals surface area contributed by atoms with Gasteiger partial charge in [0.1, 0.15) is 11.3 Å². The maximum Gasteiger partial charge on any atom is 0.278 e. The first kappa shape index (κ1) is 26.9. The van der Waals surface area contributed by atoms with E-state index in [1.54, 1.807) is 30.3 Å². The van der Waals surface area contributed by atoms with E-state index < -0.39 is 12.5 Å². The summed E-state index contributed by atoms with van der Waals surface area (Å²) < 4.78 is 32.9. The van der Waals surface area contributed by atoms with Gasteiger partial charge in [0.25, 0.3) is 11.8 Å². The van der Waals surface area contributed by atoms with Crippen molar-refractivity contribution in [3.05, 3.63) is 64.4 Å². The van der Waals surface area contributed by atoms with Crippen LogP contribution >= 0.6 is 23.4 Å². The van der Waals surface area contributed by atoms with E-state index in [-0.39, 0.29) is 29.4 Å². The molecule has 3 aromatic rings. The molecule has 1 aliphatic heterocycles. The molecule has 1 aromatic carbocycles. The molecule has 2 N–H and O–H groups in total. The molecule has 2 aromatic heterocycles. The standard InChI is InChI=1S/C25H26ClF2N5O3S/c1-25(27,28)14-36-18-5-3-4-15(10-18)6-8-17-11-19-22(24(35)30-17)23(31-21(34)13-37-2)33(32-19)20-9-7-16(26)12-29-20/h3-5,7,9-10,12,17H,6,8,11,13-14H2,1-2H3,(H,30,35)(H,31,34)/t17-/m0/s1. The van der Waals surface area contributed by atoms with Crippen LogP contribution in [0, 0.1) is 0 Å². The lowest BCUT2D eigenvalue weighted by molar-refractivity contribution is -0.113. The average Bonchev–Trinajstić information content (AvgIpc) is 3.20. The second-order valence-corrected chi connectivity index (χ2v) is 10.1. The summed E-state index contributed by atoms with van der Waals surface area (Å²) in [6.45, 7) is 0.111. The van der Waals surface area contributed by atoms with Gasteiger partial charge in [-0.15, -0.1) is 0 Å². The molecule has 2 amide bonds. The van der Waals surface area contributed by atoms with Crippen LogP contribution in [0.5, 0.6) is 5.75 Å². The van der Waals surface area contributed by atoms with Crippen LogP contribution in [0.15, 0.2) is 42.6 Å². The van der Waals surface area contributed by atoms with Gasteiger partial charge in [-0.2, -0.15) is 21.5 Å². The van der Waals surface area contributed by atoms with Crippen molar-refractivity contribution >= 4 is 41.0 Å². The largest absolute Gasteiger partial charge is 0.487 e. The Balaban J connectivity index is 1.52. The summed E-state index contributed by atoms with van der Waals surface area (Å²) in [5.41, 5.74) is 1.75. The topological polar surface area (TPSA) is 98.1 Å². The third kappa shape index (κ3) is 6.98. The van der Waals surface area contributed by atoms with Gasteiger partial charge in [-0.05, 0) is 48.9 Å². The number of aryl methyl sites for hydroxylation is 1. The first-order valence-corrected chi connectivity index (χ1v) is 13.3. The lowest BCUT2D eigenvalue weighted by atomic mass is 9.96. The highest BCUT2D eigenvalue weighted by molar-refractivity contribution is 7.99. The molecule has 8 nitrogen and oxygen atoms in total. The highest BCUT2D eigenvalue weighted by atomic mass is 35.5. The van der Waals surface area contributed by atoms with Gasteiger partial charge in [-0.25, -0.2) is 13.8 Å². The summed E-state index contributed by atoms with van der Waals surface area (Å²) in [6, 6.07) is 10.1. The van der Waals surface area contributed by atoms with Crippen LogP contribution in [0.1, 0.15) is 35.0 Å². The third-order valence-corrected chi connectivity index (χ3v) is 6.37. The fourth-order valence-electron chi connectivity index (χ4n) is 3.98. The number of alkyl halides is 2. The summed E-state index contributed by atoms with van der Waals surface area (Å²) in [5, 5.41) is 10.9.